The lowest BCUT2D eigenvalue weighted by Gasteiger charge is -2.40. The van der Waals surface area contributed by atoms with E-state index in [1.165, 1.54) is 5.56 Å². The Labute approximate surface area is 304 Å². The maximum atomic E-state index is 12.2. The Morgan fingerprint density at radius 2 is 1.64 bits per heavy atom. The van der Waals surface area contributed by atoms with Crippen LogP contribution in [0.4, 0.5) is 9.59 Å². The van der Waals surface area contributed by atoms with Crippen molar-refractivity contribution >= 4 is 35.3 Å². The van der Waals surface area contributed by atoms with Gasteiger partial charge in [0.15, 0.2) is 0 Å². The van der Waals surface area contributed by atoms with Gasteiger partial charge in [-0.15, -0.1) is 0 Å². The number of allylic oxidation sites excluding steroid dienone is 1. The van der Waals surface area contributed by atoms with E-state index in [9.17, 15) is 14.7 Å². The van der Waals surface area contributed by atoms with E-state index >= 15 is 0 Å². The van der Waals surface area contributed by atoms with E-state index in [2.05, 4.69) is 17.5 Å². The zero-order valence-corrected chi connectivity index (χ0v) is 30.3. The van der Waals surface area contributed by atoms with E-state index < -0.39 is 12.1 Å². The van der Waals surface area contributed by atoms with Gasteiger partial charge in [-0.25, -0.2) is 9.59 Å². The summed E-state index contributed by atoms with van der Waals surface area (Å²) in [7, 11) is 0. The zero-order valence-electron chi connectivity index (χ0n) is 28.8. The molecule has 1 atom stereocenters. The van der Waals surface area contributed by atoms with Gasteiger partial charge in [-0.3, -0.25) is 4.68 Å². The van der Waals surface area contributed by atoms with Gasteiger partial charge < -0.3 is 30.3 Å². The number of hydrogen-bond acceptors (Lipinski definition) is 6. The lowest BCUT2D eigenvalue weighted by atomic mass is 9.79. The quantitative estimate of drug-likeness (QED) is 0.230. The van der Waals surface area contributed by atoms with Crippen LogP contribution >= 0.6 is 23.2 Å². The number of piperidine rings is 2. The van der Waals surface area contributed by atoms with Gasteiger partial charge in [0, 0.05) is 59.5 Å². The Morgan fingerprint density at radius 3 is 2.30 bits per heavy atom. The minimum absolute atomic E-state index is 0.293. The van der Waals surface area contributed by atoms with E-state index in [-0.39, 0.29) is 6.09 Å². The molecule has 10 nitrogen and oxygen atoms in total. The molecule has 0 unspecified atom stereocenters. The van der Waals surface area contributed by atoms with E-state index in [0.717, 1.165) is 92.8 Å². The number of fused-ring (bicyclic) bond motifs is 1. The second kappa shape index (κ2) is 16.2. The topological polar surface area (TPSA) is 117 Å². The second-order valence-corrected chi connectivity index (χ2v) is 14.9. The molecule has 3 aliphatic heterocycles. The number of likely N-dealkylation sites (tertiary alicyclic amines) is 2. The molecular weight excluding hydrogens is 675 g/mol. The van der Waals surface area contributed by atoms with E-state index in [4.69, 9.17) is 38.8 Å². The fourth-order valence-electron chi connectivity index (χ4n) is 7.83. The standard InChI is InChI=1S/C38H48Cl2N6O4/c1-25(2)50-38(49)44-18-13-28(14-19-44)27-11-16-43(17-12-27)22-32(47)23-46-35-15-20-45(37(41)48)24-33(35)36(42-46)30-7-10-34(40)29(21-30)6-3-26-4-8-31(39)9-5-26/h4-5,7-10,21,27-28,32,47H,1,3,6,11-20,22-24H2,2H3,(H2,41,48)/t32-/m0/s1. The number of nitrogens with two attached hydrogens (primary N) is 1. The molecule has 2 saturated heterocycles. The lowest BCUT2D eigenvalue weighted by molar-refractivity contribution is 0.0539. The number of β-amino-alcohol motifs (C(OH)–C–C–N with tert-alkyl or cyclic N) is 1. The molecule has 4 heterocycles. The van der Waals surface area contributed by atoms with Crippen LogP contribution in [0.1, 0.15) is 55.0 Å². The maximum Gasteiger partial charge on any atom is 0.414 e. The summed E-state index contributed by atoms with van der Waals surface area (Å²) in [6, 6.07) is 13.4. The molecule has 12 heteroatoms. The predicted octanol–water partition coefficient (Wildman–Crippen LogP) is 6.53. The fraction of sp³-hybridized carbons (Fsp3) is 0.500. The predicted molar refractivity (Wildman–Crippen MR) is 196 cm³/mol. The smallest absolute Gasteiger partial charge is 0.414 e. The molecule has 0 saturated carbocycles. The third kappa shape index (κ3) is 8.83. The highest BCUT2D eigenvalue weighted by Crippen LogP contribution is 2.35. The summed E-state index contributed by atoms with van der Waals surface area (Å²) in [5.74, 6) is 1.66. The largest absolute Gasteiger partial charge is 0.416 e. The molecule has 268 valence electrons. The van der Waals surface area contributed by atoms with Crippen molar-refractivity contribution in [3.8, 4) is 11.3 Å². The van der Waals surface area contributed by atoms with Crippen molar-refractivity contribution in [2.24, 2.45) is 17.6 Å². The third-order valence-electron chi connectivity index (χ3n) is 10.6. The van der Waals surface area contributed by atoms with Crippen LogP contribution in [0.5, 0.6) is 0 Å². The highest BCUT2D eigenvalue weighted by molar-refractivity contribution is 6.31. The molecule has 3 N–H and O–H groups in total. The van der Waals surface area contributed by atoms with Crippen molar-refractivity contribution < 1.29 is 19.4 Å². The van der Waals surface area contributed by atoms with E-state index in [1.807, 2.05) is 41.1 Å². The van der Waals surface area contributed by atoms with Gasteiger partial charge in [-0.2, -0.15) is 5.10 Å². The Hall–Kier alpha value is -3.57. The number of carbonyl (C=O) groups excluding carboxylic acids is 2. The average Bonchev–Trinajstić information content (AvgIpc) is 3.46. The number of halogens is 2. The molecule has 0 radical (unpaired) electrons. The average molecular weight is 724 g/mol. The van der Waals surface area contributed by atoms with E-state index in [0.29, 0.717) is 60.2 Å². The number of ether oxygens (including phenoxy) is 1. The molecule has 2 aromatic carbocycles. The van der Waals surface area contributed by atoms with Crippen molar-refractivity contribution in [2.75, 3.05) is 39.3 Å². The molecular formula is C38H48Cl2N6O4. The number of rotatable bonds is 10. The first-order valence-corrected chi connectivity index (χ1v) is 18.5. The van der Waals surface area contributed by atoms with Crippen molar-refractivity contribution in [1.82, 2.24) is 24.5 Å². The van der Waals surface area contributed by atoms with E-state index in [1.54, 1.807) is 16.7 Å². The van der Waals surface area contributed by atoms with Crippen LogP contribution in [-0.4, -0.2) is 87.1 Å². The summed E-state index contributed by atoms with van der Waals surface area (Å²) in [4.78, 5) is 30.2. The molecule has 2 fully saturated rings. The molecule has 0 spiro atoms. The molecule has 1 aromatic heterocycles. The Bertz CT molecular complexity index is 1680. The van der Waals surface area contributed by atoms with Gasteiger partial charge in [-0.05, 0) is 106 Å². The van der Waals surface area contributed by atoms with Crippen molar-refractivity contribution in [3.05, 3.63) is 87.2 Å². The molecule has 3 aromatic rings. The van der Waals surface area contributed by atoms with Crippen LogP contribution in [0.25, 0.3) is 11.3 Å². The number of aliphatic hydroxyl groups excluding tert-OH is 1. The Kier molecular flexibility index (Phi) is 11.7. The van der Waals surface area contributed by atoms with Crippen molar-refractivity contribution in [1.29, 1.82) is 0 Å². The Morgan fingerprint density at radius 1 is 0.960 bits per heavy atom. The number of amides is 3. The van der Waals surface area contributed by atoms with Crippen molar-refractivity contribution in [3.63, 3.8) is 0 Å². The summed E-state index contributed by atoms with van der Waals surface area (Å²) in [5, 5.41) is 17.8. The second-order valence-electron chi connectivity index (χ2n) is 14.1. The number of aliphatic hydroxyl groups is 1. The SMILES string of the molecule is C=C(C)OC(=O)N1CCC(C2CCN(C[C@H](O)Cn3nc(-c4ccc(Cl)c(CCc5ccc(Cl)cc5)c4)c4c3CCN(C(N)=O)C4)CC2)CC1. The van der Waals surface area contributed by atoms with Crippen LogP contribution in [0.15, 0.2) is 54.8 Å². The number of nitrogens with zero attached hydrogens (tertiary/aromatic N) is 5. The molecule has 0 aliphatic carbocycles. The number of benzene rings is 2. The first-order chi connectivity index (χ1) is 24.0. The maximum absolute atomic E-state index is 12.2. The monoisotopic (exact) mass is 722 g/mol. The first-order valence-electron chi connectivity index (χ1n) is 17.7. The minimum atomic E-state index is -0.597. The van der Waals surface area contributed by atoms with Gasteiger partial charge >= 0.3 is 12.1 Å². The number of hydrogen-bond donors (Lipinski definition) is 2. The highest BCUT2D eigenvalue weighted by atomic mass is 35.5. The summed E-state index contributed by atoms with van der Waals surface area (Å²) >= 11 is 12.7. The number of carbonyl (C=O) groups is 2. The lowest BCUT2D eigenvalue weighted by Crippen LogP contribution is -2.44. The van der Waals surface area contributed by atoms with Gasteiger partial charge in [0.2, 0.25) is 0 Å². The van der Waals surface area contributed by atoms with Gasteiger partial charge in [0.1, 0.15) is 0 Å². The van der Waals surface area contributed by atoms with Gasteiger partial charge in [0.05, 0.1) is 30.6 Å². The van der Waals surface area contributed by atoms with Crippen LogP contribution in [0, 0.1) is 11.8 Å². The van der Waals surface area contributed by atoms with Crippen LogP contribution in [0.3, 0.4) is 0 Å². The Balaban J connectivity index is 1.09. The normalized spacial score (nSPS) is 18.2. The molecule has 3 aliphatic rings. The summed E-state index contributed by atoms with van der Waals surface area (Å²) in [6.07, 6.45) is 5.47. The summed E-state index contributed by atoms with van der Waals surface area (Å²) in [5.41, 5.74) is 11.6. The minimum Gasteiger partial charge on any atom is -0.416 e. The van der Waals surface area contributed by atoms with Crippen LogP contribution in [-0.2, 0) is 37.1 Å². The molecule has 0 bridgehead atoms. The third-order valence-corrected chi connectivity index (χ3v) is 11.2. The number of aromatic nitrogens is 2. The van der Waals surface area contributed by atoms with Gasteiger partial charge in [0.25, 0.3) is 0 Å². The summed E-state index contributed by atoms with van der Waals surface area (Å²) < 4.78 is 7.13. The first kappa shape index (κ1) is 36.2. The molecule has 3 amide bonds. The summed E-state index contributed by atoms with van der Waals surface area (Å²) in [6.45, 7) is 10.5. The fourth-order valence-corrected chi connectivity index (χ4v) is 8.17. The zero-order chi connectivity index (χ0) is 35.4. The number of urea groups is 1. The number of aryl methyl sites for hydroxylation is 2. The number of primary amides is 1. The highest BCUT2D eigenvalue weighted by Gasteiger charge is 2.33. The van der Waals surface area contributed by atoms with Crippen LogP contribution in [0.2, 0.25) is 10.0 Å². The van der Waals surface area contributed by atoms with Crippen molar-refractivity contribution in [2.45, 2.75) is 71.1 Å². The molecule has 6 rings (SSSR count). The van der Waals surface area contributed by atoms with Gasteiger partial charge in [-0.1, -0.05) is 48.0 Å². The molecule has 50 heavy (non-hydrogen) atoms. The van der Waals surface area contributed by atoms with Crippen LogP contribution < -0.4 is 5.73 Å².